The van der Waals surface area contributed by atoms with E-state index < -0.39 is 0 Å². The van der Waals surface area contributed by atoms with Gasteiger partial charge in [0.1, 0.15) is 0 Å². The van der Waals surface area contributed by atoms with Crippen LogP contribution in [-0.4, -0.2) is 18.0 Å². The van der Waals surface area contributed by atoms with Crippen molar-refractivity contribution in [2.45, 2.75) is 40.2 Å². The van der Waals surface area contributed by atoms with Gasteiger partial charge in [-0.2, -0.15) is 0 Å². The zero-order chi connectivity index (χ0) is 10.6. The third-order valence-corrected chi connectivity index (χ3v) is 2.39. The van der Waals surface area contributed by atoms with Gasteiger partial charge in [-0.15, -0.1) is 0 Å². The summed E-state index contributed by atoms with van der Waals surface area (Å²) in [6.07, 6.45) is 0. The summed E-state index contributed by atoms with van der Waals surface area (Å²) in [5.41, 5.74) is 5.22. The van der Waals surface area contributed by atoms with Crippen LogP contribution in [0.1, 0.15) is 34.6 Å². The van der Waals surface area contributed by atoms with Gasteiger partial charge in [0, 0.05) is 18.0 Å². The Balaban J connectivity index is 4.15. The molecule has 0 radical (unpaired) electrons. The first-order valence-electron chi connectivity index (χ1n) is 4.82. The van der Waals surface area contributed by atoms with Crippen LogP contribution in [0.5, 0.6) is 0 Å². The first-order chi connectivity index (χ1) is 5.80. The Kier molecular flexibility index (Phi) is 4.40. The topological polar surface area (TPSA) is 55.1 Å². The van der Waals surface area contributed by atoms with E-state index in [1.54, 1.807) is 0 Å². The van der Waals surface area contributed by atoms with Crippen molar-refractivity contribution < 1.29 is 4.79 Å². The predicted molar refractivity (Wildman–Crippen MR) is 55.3 cm³/mol. The highest BCUT2D eigenvalue weighted by atomic mass is 16.2. The van der Waals surface area contributed by atoms with Gasteiger partial charge in [0.05, 0.1) is 0 Å². The number of amides is 1. The number of nitrogens with two attached hydrogens (primary N) is 1. The molecule has 0 aliphatic rings. The maximum Gasteiger partial charge on any atom is 0.223 e. The summed E-state index contributed by atoms with van der Waals surface area (Å²) in [4.78, 5) is 11.6. The second kappa shape index (κ2) is 4.61. The third-order valence-electron chi connectivity index (χ3n) is 2.39. The molecule has 0 bridgehead atoms. The van der Waals surface area contributed by atoms with Gasteiger partial charge < -0.3 is 11.1 Å². The molecule has 13 heavy (non-hydrogen) atoms. The second-order valence-electron chi connectivity index (χ2n) is 4.61. The van der Waals surface area contributed by atoms with E-state index in [0.29, 0.717) is 12.5 Å². The summed E-state index contributed by atoms with van der Waals surface area (Å²) >= 11 is 0. The van der Waals surface area contributed by atoms with Gasteiger partial charge in [0.15, 0.2) is 0 Å². The number of hydrogen-bond acceptors (Lipinski definition) is 2. The highest BCUT2D eigenvalue weighted by molar-refractivity contribution is 5.79. The maximum absolute atomic E-state index is 11.6. The Labute approximate surface area is 81.1 Å². The lowest BCUT2D eigenvalue weighted by molar-refractivity contribution is -0.127. The number of hydrogen-bond donors (Lipinski definition) is 2. The molecule has 78 valence electrons. The fourth-order valence-electron chi connectivity index (χ4n) is 0.801. The molecule has 3 heteroatoms. The van der Waals surface area contributed by atoms with Crippen LogP contribution in [0.15, 0.2) is 0 Å². The molecular weight excluding hydrogens is 164 g/mol. The highest BCUT2D eigenvalue weighted by Gasteiger charge is 2.23. The van der Waals surface area contributed by atoms with Crippen LogP contribution in [0.3, 0.4) is 0 Å². The van der Waals surface area contributed by atoms with Crippen molar-refractivity contribution in [2.75, 3.05) is 6.54 Å². The molecule has 3 nitrogen and oxygen atoms in total. The molecule has 0 aliphatic carbocycles. The van der Waals surface area contributed by atoms with E-state index >= 15 is 0 Å². The summed E-state index contributed by atoms with van der Waals surface area (Å²) in [6.45, 7) is 10.3. The van der Waals surface area contributed by atoms with Crippen LogP contribution < -0.4 is 11.1 Å². The van der Waals surface area contributed by atoms with E-state index in [1.807, 2.05) is 34.6 Å². The van der Waals surface area contributed by atoms with Gasteiger partial charge in [-0.05, 0) is 19.8 Å². The molecule has 1 unspecified atom stereocenters. The summed E-state index contributed by atoms with van der Waals surface area (Å²) < 4.78 is 0. The average molecular weight is 186 g/mol. The van der Waals surface area contributed by atoms with Crippen molar-refractivity contribution in [2.24, 2.45) is 17.6 Å². The molecule has 3 N–H and O–H groups in total. The Morgan fingerprint density at radius 2 is 1.85 bits per heavy atom. The minimum atomic E-state index is -0.291. The molecule has 1 atom stereocenters. The van der Waals surface area contributed by atoms with Crippen molar-refractivity contribution in [1.82, 2.24) is 5.32 Å². The fraction of sp³-hybridized carbons (Fsp3) is 0.900. The van der Waals surface area contributed by atoms with Gasteiger partial charge in [0.25, 0.3) is 0 Å². The number of carbonyl (C=O) groups excluding carboxylic acids is 1. The molecular formula is C10H22N2O. The molecule has 0 saturated carbocycles. The number of rotatable bonds is 4. The molecule has 0 rings (SSSR count). The Hall–Kier alpha value is -0.570. The molecule has 0 heterocycles. The van der Waals surface area contributed by atoms with E-state index in [2.05, 4.69) is 5.32 Å². The van der Waals surface area contributed by atoms with E-state index in [-0.39, 0.29) is 17.4 Å². The molecule has 1 amide bonds. The van der Waals surface area contributed by atoms with Crippen LogP contribution in [0, 0.1) is 11.8 Å². The standard InChI is InChI=1S/C10H22N2O/c1-7(2)8(3)9(13)12-10(4,5)6-11/h7-8H,6,11H2,1-5H3,(H,12,13). The van der Waals surface area contributed by atoms with Crippen LogP contribution in [0.4, 0.5) is 0 Å². The lowest BCUT2D eigenvalue weighted by Crippen LogP contribution is -2.51. The molecule has 0 aromatic heterocycles. The van der Waals surface area contributed by atoms with Gasteiger partial charge in [-0.1, -0.05) is 20.8 Å². The van der Waals surface area contributed by atoms with E-state index in [0.717, 1.165) is 0 Å². The minimum Gasteiger partial charge on any atom is -0.350 e. The second-order valence-corrected chi connectivity index (χ2v) is 4.61. The number of nitrogens with one attached hydrogen (secondary N) is 1. The van der Waals surface area contributed by atoms with E-state index in [1.165, 1.54) is 0 Å². The van der Waals surface area contributed by atoms with Crippen LogP contribution in [0.25, 0.3) is 0 Å². The minimum absolute atomic E-state index is 0.0471. The summed E-state index contributed by atoms with van der Waals surface area (Å²) in [5.74, 6) is 0.504. The smallest absolute Gasteiger partial charge is 0.223 e. The molecule has 0 fully saturated rings. The summed E-state index contributed by atoms with van der Waals surface area (Å²) in [7, 11) is 0. The molecule has 0 aromatic rings. The first-order valence-corrected chi connectivity index (χ1v) is 4.82. The third kappa shape index (κ3) is 4.27. The normalized spacial score (nSPS) is 14.4. The van der Waals surface area contributed by atoms with Gasteiger partial charge in [-0.3, -0.25) is 4.79 Å². The zero-order valence-corrected chi connectivity index (χ0v) is 9.35. The van der Waals surface area contributed by atoms with Gasteiger partial charge in [0.2, 0.25) is 5.91 Å². The molecule has 0 spiro atoms. The molecule has 0 aromatic carbocycles. The lowest BCUT2D eigenvalue weighted by Gasteiger charge is -2.27. The van der Waals surface area contributed by atoms with E-state index in [9.17, 15) is 4.79 Å². The maximum atomic E-state index is 11.6. The van der Waals surface area contributed by atoms with Crippen LogP contribution in [0.2, 0.25) is 0 Å². The summed E-state index contributed by atoms with van der Waals surface area (Å²) in [5, 5.41) is 2.92. The van der Waals surface area contributed by atoms with Crippen LogP contribution in [-0.2, 0) is 4.79 Å². The molecule has 0 aliphatic heterocycles. The summed E-state index contributed by atoms with van der Waals surface area (Å²) in [6, 6.07) is 0. The Bertz CT molecular complexity index is 176. The molecule has 0 saturated heterocycles. The lowest BCUT2D eigenvalue weighted by atomic mass is 9.95. The Morgan fingerprint density at radius 3 is 2.15 bits per heavy atom. The highest BCUT2D eigenvalue weighted by Crippen LogP contribution is 2.11. The predicted octanol–water partition coefficient (Wildman–Crippen LogP) is 1.13. The van der Waals surface area contributed by atoms with Crippen molar-refractivity contribution in [3.05, 3.63) is 0 Å². The van der Waals surface area contributed by atoms with Crippen molar-refractivity contribution in [3.8, 4) is 0 Å². The largest absolute Gasteiger partial charge is 0.350 e. The fourth-order valence-corrected chi connectivity index (χ4v) is 0.801. The van der Waals surface area contributed by atoms with Gasteiger partial charge >= 0.3 is 0 Å². The quantitative estimate of drug-likeness (QED) is 0.691. The Morgan fingerprint density at radius 1 is 1.38 bits per heavy atom. The number of carbonyl (C=O) groups is 1. The SMILES string of the molecule is CC(C)C(C)C(=O)NC(C)(C)CN. The zero-order valence-electron chi connectivity index (χ0n) is 9.35. The first kappa shape index (κ1) is 12.4. The van der Waals surface area contributed by atoms with Crippen molar-refractivity contribution >= 4 is 5.91 Å². The van der Waals surface area contributed by atoms with Gasteiger partial charge in [-0.25, -0.2) is 0 Å². The monoisotopic (exact) mass is 186 g/mol. The average Bonchev–Trinajstić information content (AvgIpc) is 2.02. The van der Waals surface area contributed by atoms with Crippen molar-refractivity contribution in [1.29, 1.82) is 0 Å². The van der Waals surface area contributed by atoms with Crippen LogP contribution >= 0.6 is 0 Å². The van der Waals surface area contributed by atoms with E-state index in [4.69, 9.17) is 5.73 Å². The van der Waals surface area contributed by atoms with Crippen molar-refractivity contribution in [3.63, 3.8) is 0 Å².